The van der Waals surface area contributed by atoms with Gasteiger partial charge in [-0.3, -0.25) is 4.98 Å². The molecule has 1 aromatic heterocycles. The lowest BCUT2D eigenvalue weighted by Gasteiger charge is -1.82. The number of hydrogen-bond donors (Lipinski definition) is 0. The zero-order chi connectivity index (χ0) is 7.23. The molecule has 0 bridgehead atoms. The highest BCUT2D eigenvalue weighted by Crippen LogP contribution is 1.77. The van der Waals surface area contributed by atoms with Crippen molar-refractivity contribution in [2.24, 2.45) is 0 Å². The Labute approximate surface area is 60.9 Å². The third-order valence-electron chi connectivity index (χ3n) is 1.16. The molecule has 0 aliphatic rings. The molecular weight excluding hydrogens is 124 g/mol. The average Bonchev–Trinajstić information content (AvgIpc) is 2.03. The summed E-state index contributed by atoms with van der Waals surface area (Å²) >= 11 is 0. The van der Waals surface area contributed by atoms with Gasteiger partial charge in [0.25, 0.3) is 0 Å². The van der Waals surface area contributed by atoms with Gasteiger partial charge >= 0.3 is 0 Å². The van der Waals surface area contributed by atoms with E-state index in [0.29, 0.717) is 0 Å². The van der Waals surface area contributed by atoms with Gasteiger partial charge < -0.3 is 0 Å². The molecule has 0 N–H and O–H groups in total. The van der Waals surface area contributed by atoms with Gasteiger partial charge in [0.1, 0.15) is 0 Å². The molecule has 0 fully saturated rings. The van der Waals surface area contributed by atoms with Crippen molar-refractivity contribution in [3.05, 3.63) is 30.9 Å². The summed E-state index contributed by atoms with van der Waals surface area (Å²) in [6, 6.07) is 0. The van der Waals surface area contributed by atoms with Crippen molar-refractivity contribution in [3.8, 4) is 0 Å². The molecule has 0 saturated carbocycles. The molecule has 0 amide bonds. The van der Waals surface area contributed by atoms with Gasteiger partial charge in [0.15, 0.2) is 18.6 Å². The Bertz CT molecular complexity index is 204. The molecule has 52 valence electrons. The summed E-state index contributed by atoms with van der Waals surface area (Å²) in [5, 5.41) is 0. The maximum absolute atomic E-state index is 3.90. The molecule has 0 unspecified atom stereocenters. The summed E-state index contributed by atoms with van der Waals surface area (Å²) in [5.74, 6) is 0. The Morgan fingerprint density at radius 1 is 1.40 bits per heavy atom. The first-order valence-corrected chi connectivity index (χ1v) is 3.41. The Hall–Kier alpha value is -1.18. The van der Waals surface area contributed by atoms with E-state index in [2.05, 4.69) is 18.0 Å². The molecule has 10 heavy (non-hydrogen) atoms. The standard InChI is InChI=1S/C8H11N2/c1-2-3-6-10-7-4-9-5-8-10/h3-8H,2H2,1H3/q+1/b6-3+. The topological polar surface area (TPSA) is 16.8 Å². The minimum absolute atomic E-state index is 1.06. The van der Waals surface area contributed by atoms with Crippen molar-refractivity contribution >= 4 is 6.20 Å². The highest BCUT2D eigenvalue weighted by Gasteiger charge is 1.87. The lowest BCUT2D eigenvalue weighted by molar-refractivity contribution is -0.569. The molecule has 0 aromatic carbocycles. The maximum atomic E-state index is 3.90. The second-order valence-electron chi connectivity index (χ2n) is 1.99. The third-order valence-corrected chi connectivity index (χ3v) is 1.16. The van der Waals surface area contributed by atoms with Gasteiger partial charge in [-0.2, -0.15) is 4.57 Å². The van der Waals surface area contributed by atoms with Crippen molar-refractivity contribution in [2.45, 2.75) is 13.3 Å². The Morgan fingerprint density at radius 3 is 2.70 bits per heavy atom. The minimum Gasteiger partial charge on any atom is -0.252 e. The SMILES string of the molecule is CC/C=C/[n+]1ccncc1. The maximum Gasteiger partial charge on any atom is 0.192 e. The fourth-order valence-corrected chi connectivity index (χ4v) is 0.657. The zero-order valence-electron chi connectivity index (χ0n) is 6.07. The quantitative estimate of drug-likeness (QED) is 0.558. The van der Waals surface area contributed by atoms with Crippen LogP contribution in [0.2, 0.25) is 0 Å². The molecule has 0 radical (unpaired) electrons. The van der Waals surface area contributed by atoms with E-state index in [1.165, 1.54) is 0 Å². The second-order valence-corrected chi connectivity index (χ2v) is 1.99. The fraction of sp³-hybridized carbons (Fsp3) is 0.250. The molecule has 0 saturated heterocycles. The van der Waals surface area contributed by atoms with Gasteiger partial charge in [0, 0.05) is 0 Å². The molecule has 0 aliphatic carbocycles. The largest absolute Gasteiger partial charge is 0.252 e. The third kappa shape index (κ3) is 1.97. The van der Waals surface area contributed by atoms with Crippen LogP contribution in [0.25, 0.3) is 6.20 Å². The first-order chi connectivity index (χ1) is 4.93. The van der Waals surface area contributed by atoms with E-state index in [9.17, 15) is 0 Å². The summed E-state index contributed by atoms with van der Waals surface area (Å²) in [7, 11) is 0. The van der Waals surface area contributed by atoms with Gasteiger partial charge in [0.2, 0.25) is 0 Å². The van der Waals surface area contributed by atoms with Crippen LogP contribution in [0.4, 0.5) is 0 Å². The first-order valence-electron chi connectivity index (χ1n) is 3.41. The molecule has 1 rings (SSSR count). The van der Waals surface area contributed by atoms with E-state index in [0.717, 1.165) is 6.42 Å². The van der Waals surface area contributed by atoms with E-state index in [4.69, 9.17) is 0 Å². The summed E-state index contributed by atoms with van der Waals surface area (Å²) in [6.45, 7) is 2.11. The molecule has 2 nitrogen and oxygen atoms in total. The van der Waals surface area contributed by atoms with Crippen LogP contribution in [0.3, 0.4) is 0 Å². The molecular formula is C8H11N2+. The summed E-state index contributed by atoms with van der Waals surface area (Å²) in [6.07, 6.45) is 12.5. The summed E-state index contributed by atoms with van der Waals surface area (Å²) < 4.78 is 1.97. The first kappa shape index (κ1) is 6.93. The molecule has 2 heteroatoms. The van der Waals surface area contributed by atoms with Gasteiger partial charge in [-0.05, 0) is 12.5 Å². The van der Waals surface area contributed by atoms with Gasteiger partial charge in [0.05, 0.1) is 12.4 Å². The van der Waals surface area contributed by atoms with E-state index < -0.39 is 0 Å². The van der Waals surface area contributed by atoms with Crippen LogP contribution < -0.4 is 4.57 Å². The van der Waals surface area contributed by atoms with Gasteiger partial charge in [-0.1, -0.05) is 6.92 Å². The predicted molar refractivity (Wildman–Crippen MR) is 40.1 cm³/mol. The highest BCUT2D eigenvalue weighted by atomic mass is 14.9. The molecule has 1 aromatic rings. The van der Waals surface area contributed by atoms with E-state index in [1.54, 1.807) is 12.4 Å². The molecule has 0 aliphatic heterocycles. The number of nitrogens with zero attached hydrogens (tertiary/aromatic N) is 2. The molecule has 0 spiro atoms. The lowest BCUT2D eigenvalue weighted by Crippen LogP contribution is -2.23. The van der Waals surface area contributed by atoms with E-state index in [1.807, 2.05) is 23.2 Å². The highest BCUT2D eigenvalue weighted by molar-refractivity contribution is 5.04. The Balaban J connectivity index is 2.67. The molecule has 0 atom stereocenters. The smallest absolute Gasteiger partial charge is 0.192 e. The van der Waals surface area contributed by atoms with Crippen molar-refractivity contribution in [3.63, 3.8) is 0 Å². The van der Waals surface area contributed by atoms with Crippen LogP contribution in [0, 0.1) is 0 Å². The van der Waals surface area contributed by atoms with Gasteiger partial charge in [-0.15, -0.1) is 0 Å². The second kappa shape index (κ2) is 3.77. The fourth-order valence-electron chi connectivity index (χ4n) is 0.657. The van der Waals surface area contributed by atoms with E-state index in [-0.39, 0.29) is 0 Å². The summed E-state index contributed by atoms with van der Waals surface area (Å²) in [4.78, 5) is 3.90. The van der Waals surface area contributed by atoms with Crippen LogP contribution in [-0.4, -0.2) is 4.98 Å². The van der Waals surface area contributed by atoms with Gasteiger partial charge in [-0.25, -0.2) is 0 Å². The van der Waals surface area contributed by atoms with Crippen molar-refractivity contribution in [1.82, 2.24) is 4.98 Å². The van der Waals surface area contributed by atoms with Crippen molar-refractivity contribution in [2.75, 3.05) is 0 Å². The van der Waals surface area contributed by atoms with Crippen LogP contribution in [0.5, 0.6) is 0 Å². The Kier molecular flexibility index (Phi) is 2.62. The minimum atomic E-state index is 1.06. The number of hydrogen-bond acceptors (Lipinski definition) is 1. The van der Waals surface area contributed by atoms with Crippen molar-refractivity contribution < 1.29 is 4.57 Å². The van der Waals surface area contributed by atoms with Crippen LogP contribution in [0.15, 0.2) is 30.9 Å². The van der Waals surface area contributed by atoms with Crippen LogP contribution in [0.1, 0.15) is 13.3 Å². The number of aromatic nitrogens is 2. The summed E-state index contributed by atoms with van der Waals surface area (Å²) in [5.41, 5.74) is 0. The monoisotopic (exact) mass is 135 g/mol. The lowest BCUT2D eigenvalue weighted by atomic mass is 10.5. The predicted octanol–water partition coefficient (Wildman–Crippen LogP) is 1.25. The molecule has 1 heterocycles. The van der Waals surface area contributed by atoms with E-state index >= 15 is 0 Å². The van der Waals surface area contributed by atoms with Crippen LogP contribution >= 0.6 is 0 Å². The Morgan fingerprint density at radius 2 is 2.10 bits per heavy atom. The zero-order valence-corrected chi connectivity index (χ0v) is 6.07. The normalized spacial score (nSPS) is 10.5. The number of rotatable bonds is 2. The average molecular weight is 135 g/mol. The van der Waals surface area contributed by atoms with Crippen molar-refractivity contribution in [1.29, 1.82) is 0 Å². The number of allylic oxidation sites excluding steroid dienone is 1. The van der Waals surface area contributed by atoms with Crippen LogP contribution in [-0.2, 0) is 0 Å².